The average molecular weight is 296 g/mol. The molecule has 0 aromatic rings. The average Bonchev–Trinajstić information content (AvgIpc) is 3.37. The fourth-order valence-corrected chi connectivity index (χ4v) is 3.25. The Kier molecular flexibility index (Phi) is 6.06. The van der Waals surface area contributed by atoms with Crippen LogP contribution in [0.25, 0.3) is 0 Å². The minimum atomic E-state index is -0.471. The predicted octanol–water partition coefficient (Wildman–Crippen LogP) is 2.57. The Hall–Kier alpha value is -0.610. The Labute approximate surface area is 129 Å². The van der Waals surface area contributed by atoms with Crippen LogP contribution in [0, 0.1) is 5.92 Å². The first-order valence-corrected chi connectivity index (χ1v) is 8.75. The lowest BCUT2D eigenvalue weighted by Crippen LogP contribution is -2.61. The maximum atomic E-state index is 12.6. The van der Waals surface area contributed by atoms with E-state index in [0.29, 0.717) is 12.0 Å². The van der Waals surface area contributed by atoms with Gasteiger partial charge in [0.05, 0.1) is 7.11 Å². The zero-order valence-corrected chi connectivity index (χ0v) is 14.0. The lowest BCUT2D eigenvalue weighted by molar-refractivity contribution is -0.151. The molecule has 0 bridgehead atoms. The standard InChI is InChI=1S/C17H32N2O2/c1-4-6-12-19(15-9-10-15)13-17(14-7-8-14,16(20)21-3)18-11-5-2/h14-15,18H,4-13H2,1-3H3. The van der Waals surface area contributed by atoms with Crippen molar-refractivity contribution in [3.8, 4) is 0 Å². The molecular weight excluding hydrogens is 264 g/mol. The number of methoxy groups -OCH3 is 1. The van der Waals surface area contributed by atoms with Crippen LogP contribution in [0.5, 0.6) is 0 Å². The first kappa shape index (κ1) is 16.8. The molecule has 2 fully saturated rings. The van der Waals surface area contributed by atoms with Crippen LogP contribution in [-0.2, 0) is 9.53 Å². The van der Waals surface area contributed by atoms with Gasteiger partial charge in [-0.25, -0.2) is 4.79 Å². The molecule has 1 atom stereocenters. The Morgan fingerprint density at radius 3 is 2.43 bits per heavy atom. The van der Waals surface area contributed by atoms with Gasteiger partial charge in [0.25, 0.3) is 0 Å². The van der Waals surface area contributed by atoms with Gasteiger partial charge in [-0.15, -0.1) is 0 Å². The first-order valence-electron chi connectivity index (χ1n) is 8.75. The number of esters is 1. The fraction of sp³-hybridized carbons (Fsp3) is 0.941. The highest BCUT2D eigenvalue weighted by Gasteiger charge is 2.53. The van der Waals surface area contributed by atoms with Crippen LogP contribution in [0.4, 0.5) is 0 Å². The van der Waals surface area contributed by atoms with Gasteiger partial charge in [0, 0.05) is 12.6 Å². The highest BCUT2D eigenvalue weighted by atomic mass is 16.5. The van der Waals surface area contributed by atoms with Gasteiger partial charge < -0.3 is 10.1 Å². The molecule has 2 aliphatic carbocycles. The van der Waals surface area contributed by atoms with Crippen LogP contribution in [0.15, 0.2) is 0 Å². The molecule has 4 heteroatoms. The minimum absolute atomic E-state index is 0.0550. The zero-order valence-electron chi connectivity index (χ0n) is 14.0. The molecule has 2 aliphatic rings. The second-order valence-electron chi connectivity index (χ2n) is 6.72. The van der Waals surface area contributed by atoms with Gasteiger partial charge in [0.15, 0.2) is 0 Å². The Morgan fingerprint density at radius 1 is 1.24 bits per heavy atom. The largest absolute Gasteiger partial charge is 0.468 e. The molecule has 0 aromatic carbocycles. The fourth-order valence-electron chi connectivity index (χ4n) is 3.25. The van der Waals surface area contributed by atoms with E-state index in [1.165, 1.54) is 32.8 Å². The molecule has 2 saturated carbocycles. The zero-order chi connectivity index (χ0) is 15.3. The van der Waals surface area contributed by atoms with Crippen LogP contribution < -0.4 is 5.32 Å². The van der Waals surface area contributed by atoms with E-state index >= 15 is 0 Å². The van der Waals surface area contributed by atoms with Crippen LogP contribution >= 0.6 is 0 Å². The molecule has 0 radical (unpaired) electrons. The van der Waals surface area contributed by atoms with Crippen molar-refractivity contribution in [2.75, 3.05) is 26.7 Å². The van der Waals surface area contributed by atoms with Gasteiger partial charge in [-0.2, -0.15) is 0 Å². The lowest BCUT2D eigenvalue weighted by Gasteiger charge is -2.37. The highest BCUT2D eigenvalue weighted by Crippen LogP contribution is 2.42. The van der Waals surface area contributed by atoms with Crippen molar-refractivity contribution in [2.24, 2.45) is 5.92 Å². The second kappa shape index (κ2) is 7.59. The van der Waals surface area contributed by atoms with E-state index < -0.39 is 5.54 Å². The van der Waals surface area contributed by atoms with Crippen LogP contribution in [0.3, 0.4) is 0 Å². The minimum Gasteiger partial charge on any atom is -0.468 e. The number of carbonyl (C=O) groups excluding carboxylic acids is 1. The Morgan fingerprint density at radius 2 is 1.95 bits per heavy atom. The third-order valence-electron chi connectivity index (χ3n) is 4.83. The quantitative estimate of drug-likeness (QED) is 0.595. The van der Waals surface area contributed by atoms with Crippen molar-refractivity contribution in [3.63, 3.8) is 0 Å². The van der Waals surface area contributed by atoms with Crippen molar-refractivity contribution in [1.29, 1.82) is 0 Å². The normalized spacial score (nSPS) is 21.3. The number of nitrogens with one attached hydrogen (secondary N) is 1. The van der Waals surface area contributed by atoms with E-state index in [1.807, 2.05) is 0 Å². The van der Waals surface area contributed by atoms with E-state index in [2.05, 4.69) is 24.1 Å². The van der Waals surface area contributed by atoms with Gasteiger partial charge in [0.2, 0.25) is 0 Å². The number of hydrogen-bond acceptors (Lipinski definition) is 4. The summed E-state index contributed by atoms with van der Waals surface area (Å²) in [4.78, 5) is 15.1. The van der Waals surface area contributed by atoms with Crippen molar-refractivity contribution in [1.82, 2.24) is 10.2 Å². The summed E-state index contributed by atoms with van der Waals surface area (Å²) in [5.41, 5.74) is -0.471. The molecular formula is C17H32N2O2. The number of ether oxygens (including phenoxy) is 1. The molecule has 0 saturated heterocycles. The van der Waals surface area contributed by atoms with E-state index in [4.69, 9.17) is 4.74 Å². The predicted molar refractivity (Wildman–Crippen MR) is 85.3 cm³/mol. The number of unbranched alkanes of at least 4 members (excludes halogenated alkanes) is 1. The van der Waals surface area contributed by atoms with Gasteiger partial charge >= 0.3 is 5.97 Å². The van der Waals surface area contributed by atoms with Crippen molar-refractivity contribution in [2.45, 2.75) is 70.4 Å². The molecule has 0 aromatic heterocycles. The number of nitrogens with zero attached hydrogens (tertiary/aromatic N) is 1. The third kappa shape index (κ3) is 4.19. The first-order chi connectivity index (χ1) is 10.2. The molecule has 2 rings (SSSR count). The molecule has 4 nitrogen and oxygen atoms in total. The van der Waals surface area contributed by atoms with Gasteiger partial charge in [-0.05, 0) is 57.5 Å². The molecule has 0 aliphatic heterocycles. The summed E-state index contributed by atoms with van der Waals surface area (Å²) in [5.74, 6) is 0.403. The van der Waals surface area contributed by atoms with E-state index in [9.17, 15) is 4.79 Å². The molecule has 1 unspecified atom stereocenters. The lowest BCUT2D eigenvalue weighted by atomic mass is 9.91. The van der Waals surface area contributed by atoms with Crippen LogP contribution in [-0.4, -0.2) is 49.2 Å². The van der Waals surface area contributed by atoms with Crippen molar-refractivity contribution >= 4 is 5.97 Å². The summed E-state index contributed by atoms with van der Waals surface area (Å²) in [6, 6.07) is 0.697. The topological polar surface area (TPSA) is 41.6 Å². The monoisotopic (exact) mass is 296 g/mol. The van der Waals surface area contributed by atoms with Crippen molar-refractivity contribution < 1.29 is 9.53 Å². The van der Waals surface area contributed by atoms with Gasteiger partial charge in [0.1, 0.15) is 5.54 Å². The smallest absolute Gasteiger partial charge is 0.327 e. The Bertz CT molecular complexity index is 340. The Balaban J connectivity index is 2.10. The maximum absolute atomic E-state index is 12.6. The van der Waals surface area contributed by atoms with Crippen molar-refractivity contribution in [3.05, 3.63) is 0 Å². The summed E-state index contributed by atoms with van der Waals surface area (Å²) in [6.07, 6.45) is 8.35. The summed E-state index contributed by atoms with van der Waals surface area (Å²) < 4.78 is 5.19. The van der Waals surface area contributed by atoms with E-state index in [-0.39, 0.29) is 5.97 Å². The molecule has 122 valence electrons. The molecule has 0 amide bonds. The third-order valence-corrected chi connectivity index (χ3v) is 4.83. The van der Waals surface area contributed by atoms with Gasteiger partial charge in [-0.1, -0.05) is 20.3 Å². The maximum Gasteiger partial charge on any atom is 0.327 e. The number of rotatable bonds is 11. The summed E-state index contributed by atoms with van der Waals surface area (Å²) in [5, 5.41) is 3.57. The summed E-state index contributed by atoms with van der Waals surface area (Å²) in [7, 11) is 1.53. The molecule has 0 heterocycles. The SMILES string of the molecule is CCCCN(CC(NCCC)(C(=O)OC)C1CC1)C1CC1. The van der Waals surface area contributed by atoms with E-state index in [1.54, 1.807) is 0 Å². The number of hydrogen-bond donors (Lipinski definition) is 1. The second-order valence-corrected chi connectivity index (χ2v) is 6.72. The summed E-state index contributed by atoms with van der Waals surface area (Å²) >= 11 is 0. The van der Waals surface area contributed by atoms with Gasteiger partial charge in [-0.3, -0.25) is 4.90 Å². The van der Waals surface area contributed by atoms with E-state index in [0.717, 1.165) is 38.9 Å². The number of carbonyl (C=O) groups is 1. The molecule has 0 spiro atoms. The van der Waals surface area contributed by atoms with Crippen LogP contribution in [0.2, 0.25) is 0 Å². The molecule has 1 N–H and O–H groups in total. The summed E-state index contributed by atoms with van der Waals surface area (Å²) in [6.45, 7) is 7.21. The van der Waals surface area contributed by atoms with Crippen LogP contribution in [0.1, 0.15) is 58.8 Å². The molecule has 21 heavy (non-hydrogen) atoms. The highest BCUT2D eigenvalue weighted by molar-refractivity contribution is 5.82.